The molecule has 5 N–H and O–H groups in total. The van der Waals surface area contributed by atoms with E-state index in [2.05, 4.69) is 56.5 Å². The van der Waals surface area contributed by atoms with Crippen molar-refractivity contribution in [2.75, 3.05) is 60.2 Å². The predicted molar refractivity (Wildman–Crippen MR) is 160 cm³/mol. The number of aromatic hydroxyl groups is 2. The van der Waals surface area contributed by atoms with Crippen LogP contribution in [0.5, 0.6) is 17.2 Å². The third-order valence-electron chi connectivity index (χ3n) is 8.14. The molecule has 0 saturated carbocycles. The lowest BCUT2D eigenvalue weighted by atomic mass is 9.77. The second-order valence-corrected chi connectivity index (χ2v) is 11.5. The van der Waals surface area contributed by atoms with Gasteiger partial charge in [0.25, 0.3) is 5.91 Å². The smallest absolute Gasteiger partial charge is 0.255 e. The fourth-order valence-corrected chi connectivity index (χ4v) is 5.48. The molecule has 40 heavy (non-hydrogen) atoms. The van der Waals surface area contributed by atoms with E-state index >= 15 is 0 Å². The largest absolute Gasteiger partial charge is 0.504 e. The average Bonchev–Trinajstić information content (AvgIpc) is 2.94. The van der Waals surface area contributed by atoms with Gasteiger partial charge in [0, 0.05) is 24.2 Å². The van der Waals surface area contributed by atoms with Crippen LogP contribution in [0.2, 0.25) is 5.02 Å². The van der Waals surface area contributed by atoms with Gasteiger partial charge in [0.15, 0.2) is 11.5 Å². The van der Waals surface area contributed by atoms with Gasteiger partial charge in [-0.1, -0.05) is 35.9 Å². The van der Waals surface area contributed by atoms with Crippen LogP contribution < -0.4 is 15.8 Å². The number of nitrogens with two attached hydrogens (primary N) is 1. The van der Waals surface area contributed by atoms with Crippen molar-refractivity contribution in [3.63, 3.8) is 0 Å². The number of hydrogen-bond acceptors (Lipinski definition) is 6. The minimum absolute atomic E-state index is 0.0163. The molecular formula is C31H40ClN4O4+. The molecule has 0 bridgehead atoms. The molecule has 0 saturated heterocycles. The molecule has 8 nitrogen and oxygen atoms in total. The van der Waals surface area contributed by atoms with E-state index in [1.165, 1.54) is 24.3 Å². The summed E-state index contributed by atoms with van der Waals surface area (Å²) >= 11 is 5.95. The van der Waals surface area contributed by atoms with Crippen LogP contribution in [0.4, 0.5) is 5.69 Å². The lowest BCUT2D eigenvalue weighted by Gasteiger charge is -2.39. The number of fused-ring (bicyclic) bond motifs is 2. The molecule has 1 heterocycles. The number of nitrogens with one attached hydrogen (secondary N) is 1. The van der Waals surface area contributed by atoms with E-state index in [1.54, 1.807) is 12.1 Å². The number of methoxy groups -OCH3 is 1. The maximum atomic E-state index is 12.2. The Hall–Kier alpha value is -3.46. The molecule has 2 aliphatic rings. The fraction of sp³-hybridized carbons (Fsp3) is 0.387. The number of carbonyl (C=O) groups is 1. The number of hydrogen-bond donors (Lipinski definition) is 4. The Morgan fingerprint density at radius 3 is 2.65 bits per heavy atom. The van der Waals surface area contributed by atoms with Crippen LogP contribution in [0.25, 0.3) is 11.1 Å². The van der Waals surface area contributed by atoms with Crippen LogP contribution in [-0.2, 0) is 12.8 Å². The normalized spacial score (nSPS) is 15.8. The molecule has 0 spiro atoms. The number of likely N-dealkylation sites (N-methyl/N-ethyl adjacent to an activating group) is 2. The highest BCUT2D eigenvalue weighted by molar-refractivity contribution is 6.33. The van der Waals surface area contributed by atoms with E-state index in [1.807, 2.05) is 6.07 Å². The maximum absolute atomic E-state index is 12.2. The Morgan fingerprint density at radius 2 is 1.95 bits per heavy atom. The number of carbonyl (C=O) groups excluding carboxylic acids is 1. The van der Waals surface area contributed by atoms with E-state index in [-0.39, 0.29) is 17.4 Å². The van der Waals surface area contributed by atoms with Crippen molar-refractivity contribution in [2.45, 2.75) is 25.8 Å². The van der Waals surface area contributed by atoms with Gasteiger partial charge in [0.1, 0.15) is 5.75 Å². The van der Waals surface area contributed by atoms with Crippen molar-refractivity contribution >= 4 is 23.2 Å². The summed E-state index contributed by atoms with van der Waals surface area (Å²) < 4.78 is 6.01. The monoisotopic (exact) mass is 567 g/mol. The van der Waals surface area contributed by atoms with E-state index in [9.17, 15) is 15.0 Å². The van der Waals surface area contributed by atoms with Crippen LogP contribution >= 0.6 is 11.6 Å². The Bertz CT molecular complexity index is 1410. The summed E-state index contributed by atoms with van der Waals surface area (Å²) in [7, 11) is 7.89. The molecule has 214 valence electrons. The number of nitrogen functional groups attached to an aromatic ring is 1. The topological polar surface area (TPSA) is 108 Å². The molecule has 1 amide bonds. The SMILES string of the molecule is CC[N+](C)(C)CCNC(=O)c1cc(Cl)c(N)cc1OC.CN1CCc2cccc3c2[C@H]1Cc1ccc(O)c(O)c1-3. The second-order valence-electron chi connectivity index (χ2n) is 11.1. The molecule has 0 fully saturated rings. The third-order valence-corrected chi connectivity index (χ3v) is 8.47. The molecule has 3 aromatic rings. The Kier molecular flexibility index (Phi) is 8.83. The average molecular weight is 568 g/mol. The number of phenolic OH excluding ortho intramolecular Hbond substituents is 2. The van der Waals surface area contributed by atoms with Crippen LogP contribution in [0.1, 0.15) is 40.0 Å². The van der Waals surface area contributed by atoms with Gasteiger partial charge in [-0.15, -0.1) is 0 Å². The predicted octanol–water partition coefficient (Wildman–Crippen LogP) is 4.61. The van der Waals surface area contributed by atoms with Crippen molar-refractivity contribution in [3.8, 4) is 28.4 Å². The van der Waals surface area contributed by atoms with Crippen LogP contribution in [0.3, 0.4) is 0 Å². The zero-order chi connectivity index (χ0) is 29.2. The summed E-state index contributed by atoms with van der Waals surface area (Å²) in [6.45, 7) is 5.64. The Labute approximate surface area is 241 Å². The van der Waals surface area contributed by atoms with Crippen LogP contribution in [-0.4, -0.2) is 79.9 Å². The zero-order valence-corrected chi connectivity index (χ0v) is 24.7. The number of halogens is 1. The van der Waals surface area contributed by atoms with Crippen LogP contribution in [0.15, 0.2) is 42.5 Å². The lowest BCUT2D eigenvalue weighted by Crippen LogP contribution is -2.45. The summed E-state index contributed by atoms with van der Waals surface area (Å²) in [6.07, 6.45) is 1.94. The molecule has 1 aliphatic carbocycles. The van der Waals surface area contributed by atoms with Gasteiger partial charge in [-0.25, -0.2) is 0 Å². The van der Waals surface area contributed by atoms with Gasteiger partial charge in [-0.05, 0) is 61.2 Å². The highest BCUT2D eigenvalue weighted by Gasteiger charge is 2.34. The number of amides is 1. The minimum atomic E-state index is -0.208. The van der Waals surface area contributed by atoms with Crippen LogP contribution in [0, 0.1) is 0 Å². The fourth-order valence-electron chi connectivity index (χ4n) is 5.32. The Morgan fingerprint density at radius 1 is 1.20 bits per heavy atom. The minimum Gasteiger partial charge on any atom is -0.504 e. The molecular weight excluding hydrogens is 528 g/mol. The molecule has 0 aromatic heterocycles. The van der Waals surface area contributed by atoms with Crippen molar-refractivity contribution in [3.05, 3.63) is 69.7 Å². The highest BCUT2D eigenvalue weighted by atomic mass is 35.5. The van der Waals surface area contributed by atoms with Crippen molar-refractivity contribution in [2.24, 2.45) is 0 Å². The summed E-state index contributed by atoms with van der Waals surface area (Å²) in [5.41, 5.74) is 12.2. The van der Waals surface area contributed by atoms with E-state index < -0.39 is 0 Å². The Balaban J connectivity index is 0.000000185. The number of anilines is 1. The van der Waals surface area contributed by atoms with Gasteiger partial charge in [0.2, 0.25) is 0 Å². The first-order valence-corrected chi connectivity index (χ1v) is 13.9. The van der Waals surface area contributed by atoms with Crippen molar-refractivity contribution in [1.82, 2.24) is 10.2 Å². The zero-order valence-electron chi connectivity index (χ0n) is 23.9. The van der Waals surface area contributed by atoms with Gasteiger partial charge in [0.05, 0.1) is 57.1 Å². The summed E-state index contributed by atoms with van der Waals surface area (Å²) in [4.78, 5) is 14.6. The van der Waals surface area contributed by atoms with E-state index in [0.717, 1.165) is 53.6 Å². The van der Waals surface area contributed by atoms with Crippen molar-refractivity contribution < 1.29 is 24.2 Å². The first-order valence-electron chi connectivity index (χ1n) is 13.6. The molecule has 1 aliphatic heterocycles. The first-order chi connectivity index (χ1) is 19.0. The first kappa shape index (κ1) is 29.5. The number of nitrogens with zero attached hydrogens (tertiary/aromatic N) is 2. The lowest BCUT2D eigenvalue weighted by molar-refractivity contribution is -0.887. The molecule has 9 heteroatoms. The van der Waals surface area contributed by atoms with Crippen molar-refractivity contribution in [1.29, 1.82) is 0 Å². The summed E-state index contributed by atoms with van der Waals surface area (Å²) in [5, 5.41) is 23.3. The van der Waals surface area contributed by atoms with Gasteiger partial charge >= 0.3 is 0 Å². The van der Waals surface area contributed by atoms with Gasteiger partial charge in [-0.3, -0.25) is 9.69 Å². The molecule has 5 rings (SSSR count). The number of benzene rings is 3. The molecule has 0 unspecified atom stereocenters. The van der Waals surface area contributed by atoms with Gasteiger partial charge in [-0.2, -0.15) is 0 Å². The standard InChI is InChI=1S/C17H17NO2.C14H22ClN3O2/c1-18-8-7-10-3-2-4-12-15(10)13(18)9-11-5-6-14(19)17(20)16(11)12;1-5-18(2,3)7-6-17-14(19)10-8-11(15)12(16)9-13(10)20-4/h2-6,13,19-20H,7-9H2,1H3;8-9H,5-7H2,1-4H3,(H2-,16,17,19)/p+1/t13-;/m1./s1. The number of quaternary nitrogens is 1. The highest BCUT2D eigenvalue weighted by Crippen LogP contribution is 2.49. The second kappa shape index (κ2) is 12.0. The number of ether oxygens (including phenoxy) is 1. The van der Waals surface area contributed by atoms with Gasteiger partial charge < -0.3 is 30.5 Å². The quantitative estimate of drug-likeness (QED) is 0.197. The summed E-state index contributed by atoms with van der Waals surface area (Å²) in [5.74, 6) is 0.194. The van der Waals surface area contributed by atoms with E-state index in [0.29, 0.717) is 34.6 Å². The number of rotatable bonds is 6. The third kappa shape index (κ3) is 5.99. The summed E-state index contributed by atoms with van der Waals surface area (Å²) in [6, 6.07) is 13.3. The van der Waals surface area contributed by atoms with E-state index in [4.69, 9.17) is 22.1 Å². The molecule has 3 aromatic carbocycles. The molecule has 0 radical (unpaired) electrons. The maximum Gasteiger partial charge on any atom is 0.255 e. The molecule has 1 atom stereocenters. The number of phenols is 2.